The molecule has 0 saturated carbocycles. The van der Waals surface area contributed by atoms with Gasteiger partial charge in [0.2, 0.25) is 0 Å². The number of benzene rings is 2. The molecule has 3 rings (SSSR count). The molecule has 134 valence electrons. The molecular formula is C21H17ClN4O. The molecule has 0 spiro atoms. The first-order valence-electron chi connectivity index (χ1n) is 8.40. The van der Waals surface area contributed by atoms with Crippen molar-refractivity contribution in [3.05, 3.63) is 88.7 Å². The summed E-state index contributed by atoms with van der Waals surface area (Å²) in [5.41, 5.74) is 3.52. The zero-order valence-corrected chi connectivity index (χ0v) is 15.2. The van der Waals surface area contributed by atoms with Crippen molar-refractivity contribution in [1.82, 2.24) is 4.98 Å². The second-order valence-electron chi connectivity index (χ2n) is 5.88. The summed E-state index contributed by atoms with van der Waals surface area (Å²) < 4.78 is 0. The van der Waals surface area contributed by atoms with Crippen LogP contribution in [0.1, 0.15) is 21.6 Å². The predicted molar refractivity (Wildman–Crippen MR) is 107 cm³/mol. The van der Waals surface area contributed by atoms with E-state index < -0.39 is 0 Å². The molecular weight excluding hydrogens is 360 g/mol. The summed E-state index contributed by atoms with van der Waals surface area (Å²) in [6.07, 6.45) is 2.49. The van der Waals surface area contributed by atoms with Crippen LogP contribution in [-0.2, 0) is 6.42 Å². The van der Waals surface area contributed by atoms with Crippen molar-refractivity contribution in [3.8, 4) is 6.07 Å². The fourth-order valence-corrected chi connectivity index (χ4v) is 2.58. The van der Waals surface area contributed by atoms with E-state index in [9.17, 15) is 4.79 Å². The maximum Gasteiger partial charge on any atom is 0.274 e. The minimum atomic E-state index is -0.299. The number of aromatic nitrogens is 1. The molecule has 27 heavy (non-hydrogen) atoms. The smallest absolute Gasteiger partial charge is 0.274 e. The highest BCUT2D eigenvalue weighted by Crippen LogP contribution is 2.13. The van der Waals surface area contributed by atoms with E-state index in [-0.39, 0.29) is 5.91 Å². The molecule has 2 aromatic carbocycles. The van der Waals surface area contributed by atoms with Gasteiger partial charge in [-0.05, 0) is 60.5 Å². The number of rotatable bonds is 6. The Balaban J connectivity index is 1.52. The minimum Gasteiger partial charge on any atom is -0.383 e. The highest BCUT2D eigenvalue weighted by atomic mass is 35.5. The molecule has 0 atom stereocenters. The number of hydrogen-bond acceptors (Lipinski definition) is 4. The molecule has 0 bridgehead atoms. The van der Waals surface area contributed by atoms with Crippen LogP contribution in [-0.4, -0.2) is 17.4 Å². The van der Waals surface area contributed by atoms with E-state index in [0.717, 1.165) is 23.7 Å². The minimum absolute atomic E-state index is 0.299. The van der Waals surface area contributed by atoms with E-state index in [1.165, 1.54) is 5.56 Å². The molecule has 0 unspecified atom stereocenters. The number of nitrogens with one attached hydrogen (secondary N) is 2. The van der Waals surface area contributed by atoms with E-state index in [0.29, 0.717) is 16.9 Å². The van der Waals surface area contributed by atoms with Crippen molar-refractivity contribution >= 4 is 28.9 Å². The van der Waals surface area contributed by atoms with Crippen LogP contribution in [0, 0.1) is 11.3 Å². The molecule has 0 fully saturated rings. The highest BCUT2D eigenvalue weighted by Gasteiger charge is 2.07. The lowest BCUT2D eigenvalue weighted by Gasteiger charge is -2.08. The van der Waals surface area contributed by atoms with Gasteiger partial charge in [0.1, 0.15) is 5.69 Å². The van der Waals surface area contributed by atoms with Crippen molar-refractivity contribution in [1.29, 1.82) is 5.26 Å². The Kier molecular flexibility index (Phi) is 6.03. The summed E-state index contributed by atoms with van der Waals surface area (Å²) in [6.45, 7) is 0.750. The Hall–Kier alpha value is -3.36. The average Bonchev–Trinajstić information content (AvgIpc) is 2.70. The molecule has 0 saturated heterocycles. The van der Waals surface area contributed by atoms with Crippen LogP contribution in [0.2, 0.25) is 5.02 Å². The van der Waals surface area contributed by atoms with Gasteiger partial charge in [0.05, 0.1) is 23.5 Å². The zero-order chi connectivity index (χ0) is 19.1. The summed E-state index contributed by atoms with van der Waals surface area (Å²) in [6, 6.07) is 19.9. The number of nitrogens with zero attached hydrogens (tertiary/aromatic N) is 2. The van der Waals surface area contributed by atoms with E-state index in [1.807, 2.05) is 36.4 Å². The number of carbonyl (C=O) groups is 1. The molecule has 0 aliphatic heterocycles. The molecule has 1 amide bonds. The van der Waals surface area contributed by atoms with Crippen molar-refractivity contribution in [2.24, 2.45) is 0 Å². The maximum absolute atomic E-state index is 12.2. The Bertz CT molecular complexity index is 945. The SMILES string of the molecule is N#Cc1ccc(NC(=O)c2ccc(NCCc3ccc(Cl)cc3)cn2)cc1. The van der Waals surface area contributed by atoms with Gasteiger partial charge in [-0.2, -0.15) is 5.26 Å². The molecule has 0 radical (unpaired) electrons. The fraction of sp³-hybridized carbons (Fsp3) is 0.0952. The van der Waals surface area contributed by atoms with Crippen molar-refractivity contribution < 1.29 is 4.79 Å². The first kappa shape index (κ1) is 18.4. The maximum atomic E-state index is 12.2. The third-order valence-corrected chi connectivity index (χ3v) is 4.18. The van der Waals surface area contributed by atoms with Crippen LogP contribution in [0.4, 0.5) is 11.4 Å². The van der Waals surface area contributed by atoms with Gasteiger partial charge < -0.3 is 10.6 Å². The summed E-state index contributed by atoms with van der Waals surface area (Å²) >= 11 is 5.88. The van der Waals surface area contributed by atoms with Crippen LogP contribution in [0.15, 0.2) is 66.9 Å². The number of nitriles is 1. The van der Waals surface area contributed by atoms with Crippen molar-refractivity contribution in [3.63, 3.8) is 0 Å². The van der Waals surface area contributed by atoms with Crippen molar-refractivity contribution in [2.45, 2.75) is 6.42 Å². The second-order valence-corrected chi connectivity index (χ2v) is 6.32. The first-order chi connectivity index (χ1) is 13.1. The Morgan fingerprint density at radius 2 is 1.70 bits per heavy atom. The molecule has 1 aromatic heterocycles. The molecule has 3 aromatic rings. The first-order valence-corrected chi connectivity index (χ1v) is 8.78. The number of amides is 1. The predicted octanol–water partition coefficient (Wildman–Crippen LogP) is 4.51. The molecule has 0 aliphatic rings. The average molecular weight is 377 g/mol. The number of halogens is 1. The Morgan fingerprint density at radius 3 is 2.33 bits per heavy atom. The van der Waals surface area contributed by atoms with E-state index in [1.54, 1.807) is 36.5 Å². The third kappa shape index (κ3) is 5.30. The zero-order valence-electron chi connectivity index (χ0n) is 14.4. The number of hydrogen-bond donors (Lipinski definition) is 2. The normalized spacial score (nSPS) is 10.1. The van der Waals surface area contributed by atoms with Gasteiger partial charge in [0.25, 0.3) is 5.91 Å². The van der Waals surface area contributed by atoms with E-state index in [4.69, 9.17) is 16.9 Å². The van der Waals surface area contributed by atoms with Crippen LogP contribution in [0.3, 0.4) is 0 Å². The lowest BCUT2D eigenvalue weighted by Crippen LogP contribution is -2.14. The van der Waals surface area contributed by atoms with Gasteiger partial charge in [-0.25, -0.2) is 4.98 Å². The van der Waals surface area contributed by atoms with Crippen LogP contribution >= 0.6 is 11.6 Å². The highest BCUT2D eigenvalue weighted by molar-refractivity contribution is 6.30. The van der Waals surface area contributed by atoms with Crippen molar-refractivity contribution in [2.75, 3.05) is 17.2 Å². The summed E-state index contributed by atoms with van der Waals surface area (Å²) in [5, 5.41) is 15.6. The second kappa shape index (κ2) is 8.84. The lowest BCUT2D eigenvalue weighted by molar-refractivity contribution is 0.102. The van der Waals surface area contributed by atoms with Gasteiger partial charge in [-0.1, -0.05) is 23.7 Å². The Labute approximate surface area is 162 Å². The molecule has 2 N–H and O–H groups in total. The lowest BCUT2D eigenvalue weighted by atomic mass is 10.1. The quantitative estimate of drug-likeness (QED) is 0.663. The summed E-state index contributed by atoms with van der Waals surface area (Å²) in [7, 11) is 0. The molecule has 1 heterocycles. The standard InChI is InChI=1S/C21H17ClN4O/c22-17-5-1-15(2-6-17)11-12-24-19-9-10-20(25-14-19)21(27)26-18-7-3-16(13-23)4-8-18/h1-10,14,24H,11-12H2,(H,26,27). The van der Waals surface area contributed by atoms with Gasteiger partial charge in [0, 0.05) is 17.3 Å². The molecule has 0 aliphatic carbocycles. The van der Waals surface area contributed by atoms with Crippen LogP contribution < -0.4 is 10.6 Å². The van der Waals surface area contributed by atoms with Gasteiger partial charge >= 0.3 is 0 Å². The molecule has 5 nitrogen and oxygen atoms in total. The van der Waals surface area contributed by atoms with Crippen LogP contribution in [0.25, 0.3) is 0 Å². The third-order valence-electron chi connectivity index (χ3n) is 3.92. The largest absolute Gasteiger partial charge is 0.383 e. The van der Waals surface area contributed by atoms with Gasteiger partial charge in [-0.3, -0.25) is 4.79 Å². The van der Waals surface area contributed by atoms with E-state index >= 15 is 0 Å². The summed E-state index contributed by atoms with van der Waals surface area (Å²) in [5.74, 6) is -0.299. The van der Waals surface area contributed by atoms with Crippen LogP contribution in [0.5, 0.6) is 0 Å². The summed E-state index contributed by atoms with van der Waals surface area (Å²) in [4.78, 5) is 16.4. The Morgan fingerprint density at radius 1 is 1.00 bits per heavy atom. The molecule has 6 heteroatoms. The topological polar surface area (TPSA) is 77.8 Å². The fourth-order valence-electron chi connectivity index (χ4n) is 2.46. The van der Waals surface area contributed by atoms with E-state index in [2.05, 4.69) is 15.6 Å². The van der Waals surface area contributed by atoms with Gasteiger partial charge in [0.15, 0.2) is 0 Å². The monoisotopic (exact) mass is 376 g/mol. The number of pyridine rings is 1. The number of carbonyl (C=O) groups excluding carboxylic acids is 1. The van der Waals surface area contributed by atoms with Gasteiger partial charge in [-0.15, -0.1) is 0 Å². The number of anilines is 2.